The first-order chi connectivity index (χ1) is 8.17. The molecule has 1 fully saturated rings. The van der Waals surface area contributed by atoms with Crippen LogP contribution in [0.5, 0.6) is 0 Å². The third-order valence-corrected chi connectivity index (χ3v) is 2.75. The number of nitrogens with one attached hydrogen (secondary N) is 2. The predicted octanol–water partition coefficient (Wildman–Crippen LogP) is 0.272. The van der Waals surface area contributed by atoms with Crippen LogP contribution in [0.3, 0.4) is 0 Å². The molecule has 0 aromatic rings. The van der Waals surface area contributed by atoms with Crippen LogP contribution >= 0.6 is 0 Å². The van der Waals surface area contributed by atoms with E-state index in [-0.39, 0.29) is 24.4 Å². The molecule has 0 aliphatic heterocycles. The number of carboxylic acid groups (broad SMARTS) is 1. The number of amides is 2. The van der Waals surface area contributed by atoms with Gasteiger partial charge in [0.2, 0.25) is 11.8 Å². The van der Waals surface area contributed by atoms with Gasteiger partial charge in [-0.15, -0.1) is 0 Å². The second-order valence-electron chi connectivity index (χ2n) is 5.69. The van der Waals surface area contributed by atoms with Crippen molar-refractivity contribution in [1.82, 2.24) is 10.6 Å². The highest BCUT2D eigenvalue weighted by Gasteiger charge is 2.56. The average Bonchev–Trinajstić information content (AvgIpc) is 2.94. The van der Waals surface area contributed by atoms with E-state index in [2.05, 4.69) is 10.6 Å². The lowest BCUT2D eigenvalue weighted by atomic mass is 10.1. The van der Waals surface area contributed by atoms with Gasteiger partial charge in [-0.2, -0.15) is 0 Å². The summed E-state index contributed by atoms with van der Waals surface area (Å²) in [5.41, 5.74) is -1.54. The number of carbonyl (C=O) groups is 3. The van der Waals surface area contributed by atoms with Gasteiger partial charge in [0.05, 0.1) is 0 Å². The van der Waals surface area contributed by atoms with Gasteiger partial charge in [0.1, 0.15) is 5.41 Å². The molecule has 1 aliphatic rings. The van der Waals surface area contributed by atoms with E-state index in [0.717, 1.165) is 0 Å². The summed E-state index contributed by atoms with van der Waals surface area (Å²) in [5, 5.41) is 14.2. The molecule has 0 aromatic heterocycles. The van der Waals surface area contributed by atoms with Crippen molar-refractivity contribution >= 4 is 17.8 Å². The van der Waals surface area contributed by atoms with Gasteiger partial charge in [0.15, 0.2) is 0 Å². The first-order valence-corrected chi connectivity index (χ1v) is 6.00. The van der Waals surface area contributed by atoms with Crippen molar-refractivity contribution in [3.05, 3.63) is 0 Å². The highest BCUT2D eigenvalue weighted by atomic mass is 16.4. The molecule has 18 heavy (non-hydrogen) atoms. The van der Waals surface area contributed by atoms with Gasteiger partial charge in [0.25, 0.3) is 0 Å². The number of rotatable bonds is 5. The van der Waals surface area contributed by atoms with E-state index in [9.17, 15) is 14.4 Å². The molecule has 1 rings (SSSR count). The molecule has 0 atom stereocenters. The zero-order valence-electron chi connectivity index (χ0n) is 11.0. The van der Waals surface area contributed by atoms with Crippen molar-refractivity contribution in [1.29, 1.82) is 0 Å². The molecule has 0 heterocycles. The summed E-state index contributed by atoms with van der Waals surface area (Å²) in [6.45, 7) is 5.77. The van der Waals surface area contributed by atoms with Crippen LogP contribution in [-0.4, -0.2) is 35.0 Å². The minimum absolute atomic E-state index is 0.151. The summed E-state index contributed by atoms with van der Waals surface area (Å²) in [6, 6.07) is 0. The molecule has 102 valence electrons. The van der Waals surface area contributed by atoms with Gasteiger partial charge in [-0.25, -0.2) is 0 Å². The van der Waals surface area contributed by atoms with Crippen molar-refractivity contribution in [2.45, 2.75) is 45.6 Å². The summed E-state index contributed by atoms with van der Waals surface area (Å²) in [5.74, 6) is -1.74. The molecule has 3 N–H and O–H groups in total. The maximum Gasteiger partial charge on any atom is 0.319 e. The van der Waals surface area contributed by atoms with Gasteiger partial charge in [-0.1, -0.05) is 0 Å². The lowest BCUT2D eigenvalue weighted by molar-refractivity contribution is -0.149. The van der Waals surface area contributed by atoms with Gasteiger partial charge in [0, 0.05) is 18.5 Å². The van der Waals surface area contributed by atoms with E-state index in [1.165, 1.54) is 0 Å². The van der Waals surface area contributed by atoms with Crippen molar-refractivity contribution in [2.75, 3.05) is 6.54 Å². The predicted molar refractivity (Wildman–Crippen MR) is 64.8 cm³/mol. The number of carbonyl (C=O) groups excluding carboxylic acids is 2. The smallest absolute Gasteiger partial charge is 0.319 e. The molecule has 0 spiro atoms. The average molecular weight is 256 g/mol. The van der Waals surface area contributed by atoms with Crippen LogP contribution in [0.4, 0.5) is 0 Å². The second-order valence-corrected chi connectivity index (χ2v) is 5.69. The standard InChI is InChI=1S/C12H20N2O4/c1-11(2,3)14-8(15)4-7-13-9(16)12(5-6-12)10(17)18/h4-7H2,1-3H3,(H,13,16)(H,14,15)(H,17,18). The molecule has 6 heteroatoms. The van der Waals surface area contributed by atoms with Crippen molar-refractivity contribution in [3.8, 4) is 0 Å². The van der Waals surface area contributed by atoms with Gasteiger partial charge < -0.3 is 15.7 Å². The Morgan fingerprint density at radius 2 is 1.78 bits per heavy atom. The van der Waals surface area contributed by atoms with E-state index >= 15 is 0 Å². The molecule has 0 aromatic carbocycles. The Hall–Kier alpha value is -1.59. The highest BCUT2D eigenvalue weighted by Crippen LogP contribution is 2.45. The Morgan fingerprint density at radius 3 is 2.17 bits per heavy atom. The molecule has 0 radical (unpaired) electrons. The third-order valence-electron chi connectivity index (χ3n) is 2.75. The number of carboxylic acids is 1. The Kier molecular flexibility index (Phi) is 3.98. The topological polar surface area (TPSA) is 95.5 Å². The van der Waals surface area contributed by atoms with Gasteiger partial charge in [-0.05, 0) is 33.6 Å². The second kappa shape index (κ2) is 4.96. The van der Waals surface area contributed by atoms with E-state index < -0.39 is 17.3 Å². The van der Waals surface area contributed by atoms with Crippen LogP contribution < -0.4 is 10.6 Å². The Morgan fingerprint density at radius 1 is 1.22 bits per heavy atom. The summed E-state index contributed by atoms with van der Waals surface area (Å²) in [6.07, 6.45) is 0.906. The quantitative estimate of drug-likeness (QED) is 0.615. The maximum atomic E-state index is 11.6. The van der Waals surface area contributed by atoms with Crippen LogP contribution in [0.15, 0.2) is 0 Å². The van der Waals surface area contributed by atoms with Crippen LogP contribution in [0.1, 0.15) is 40.0 Å². The summed E-state index contributed by atoms with van der Waals surface area (Å²) in [7, 11) is 0. The van der Waals surface area contributed by atoms with Crippen molar-refractivity contribution < 1.29 is 19.5 Å². The van der Waals surface area contributed by atoms with Crippen LogP contribution in [0.25, 0.3) is 0 Å². The minimum atomic E-state index is -1.24. The normalized spacial score (nSPS) is 16.8. The lowest BCUT2D eigenvalue weighted by Gasteiger charge is -2.20. The fraction of sp³-hybridized carbons (Fsp3) is 0.750. The van der Waals surface area contributed by atoms with Crippen molar-refractivity contribution in [3.63, 3.8) is 0 Å². The molecule has 0 saturated heterocycles. The monoisotopic (exact) mass is 256 g/mol. The fourth-order valence-corrected chi connectivity index (χ4v) is 1.60. The highest BCUT2D eigenvalue weighted by molar-refractivity contribution is 6.04. The van der Waals surface area contributed by atoms with E-state index in [1.54, 1.807) is 0 Å². The zero-order valence-corrected chi connectivity index (χ0v) is 11.0. The van der Waals surface area contributed by atoms with E-state index in [4.69, 9.17) is 5.11 Å². The molecule has 6 nitrogen and oxygen atoms in total. The first-order valence-electron chi connectivity index (χ1n) is 6.00. The SMILES string of the molecule is CC(C)(C)NC(=O)CCNC(=O)C1(C(=O)O)CC1. The molecule has 1 aliphatic carbocycles. The van der Waals surface area contributed by atoms with E-state index in [0.29, 0.717) is 12.8 Å². The number of hydrogen-bond donors (Lipinski definition) is 3. The number of aliphatic carboxylic acids is 1. The lowest BCUT2D eigenvalue weighted by Crippen LogP contribution is -2.43. The summed E-state index contributed by atoms with van der Waals surface area (Å²) < 4.78 is 0. The first kappa shape index (κ1) is 14.5. The third kappa shape index (κ3) is 3.72. The van der Waals surface area contributed by atoms with E-state index in [1.807, 2.05) is 20.8 Å². The fourth-order valence-electron chi connectivity index (χ4n) is 1.60. The molecular weight excluding hydrogens is 236 g/mol. The molecule has 1 saturated carbocycles. The molecule has 0 bridgehead atoms. The Labute approximate surface area is 106 Å². The summed E-state index contributed by atoms with van der Waals surface area (Å²) >= 11 is 0. The van der Waals surface area contributed by atoms with Gasteiger partial charge >= 0.3 is 5.97 Å². The summed E-state index contributed by atoms with van der Waals surface area (Å²) in [4.78, 5) is 33.9. The maximum absolute atomic E-state index is 11.6. The van der Waals surface area contributed by atoms with Crippen LogP contribution in [0.2, 0.25) is 0 Å². The minimum Gasteiger partial charge on any atom is -0.480 e. The number of hydrogen-bond acceptors (Lipinski definition) is 3. The zero-order chi connectivity index (χ0) is 14.0. The largest absolute Gasteiger partial charge is 0.480 e. The molecule has 2 amide bonds. The van der Waals surface area contributed by atoms with Crippen LogP contribution in [-0.2, 0) is 14.4 Å². The molecule has 0 unspecified atom stereocenters. The van der Waals surface area contributed by atoms with Crippen LogP contribution in [0, 0.1) is 5.41 Å². The Bertz CT molecular complexity index is 367. The van der Waals surface area contributed by atoms with Crippen molar-refractivity contribution in [2.24, 2.45) is 5.41 Å². The van der Waals surface area contributed by atoms with Gasteiger partial charge in [-0.3, -0.25) is 14.4 Å². The Balaban J connectivity index is 2.29. The molecular formula is C12H20N2O4.